The number of hydrogen-bond donors (Lipinski definition) is 8. The Morgan fingerprint density at radius 2 is 0.741 bits per heavy atom. The van der Waals surface area contributed by atoms with Crippen LogP contribution in [0.25, 0.3) is 0 Å². The van der Waals surface area contributed by atoms with E-state index in [0.717, 1.165) is 44.9 Å². The lowest BCUT2D eigenvalue weighted by atomic mass is 9.98. The lowest BCUT2D eigenvalue weighted by molar-refractivity contribution is -0.303. The van der Waals surface area contributed by atoms with Crippen molar-refractivity contribution in [3.8, 4) is 0 Å². The summed E-state index contributed by atoms with van der Waals surface area (Å²) in [7, 11) is 0. The van der Waals surface area contributed by atoms with Crippen molar-refractivity contribution in [3.63, 3.8) is 0 Å². The van der Waals surface area contributed by atoms with Gasteiger partial charge in [0.05, 0.1) is 25.4 Å². The third kappa shape index (κ3) is 46.3. The number of nitrogens with one attached hydrogen (secondary N) is 1. The molecule has 478 valence electrons. The molecule has 9 atom stereocenters. The number of rotatable bonds is 61. The van der Waals surface area contributed by atoms with Gasteiger partial charge in [0.25, 0.3) is 0 Å². The summed E-state index contributed by atoms with van der Waals surface area (Å²) in [5, 5.41) is 76.4. The molecule has 1 amide bonds. The van der Waals surface area contributed by atoms with Gasteiger partial charge in [-0.1, -0.05) is 307 Å². The highest BCUT2D eigenvalue weighted by molar-refractivity contribution is 5.80. The molecule has 0 saturated carbocycles. The molecule has 1 aliphatic heterocycles. The Balaban J connectivity index is 2.21. The van der Waals surface area contributed by atoms with Gasteiger partial charge in [-0.3, -0.25) is 4.79 Å². The SMILES string of the molecule is CCCCCCCCCCC/C=C/CC/C=C/CC/C=C/CCCC(O)C(O)C(COC1OC(CO)C(O)C(O)C1O)NC(=O)C(O)CCCCCCCCCCCCCCCCCCCCCCCCCCCCCCCCCC. The Hall–Kier alpha value is -1.67. The molecule has 1 aliphatic rings. The number of amides is 1. The van der Waals surface area contributed by atoms with E-state index >= 15 is 0 Å². The average Bonchev–Trinajstić information content (AvgIpc) is 3.49. The Kier molecular flexibility index (Phi) is 56.0. The van der Waals surface area contributed by atoms with Gasteiger partial charge in [0.2, 0.25) is 5.91 Å². The van der Waals surface area contributed by atoms with Crippen LogP contribution in [-0.4, -0.2) is 110 Å². The highest BCUT2D eigenvalue weighted by Crippen LogP contribution is 2.24. The van der Waals surface area contributed by atoms with E-state index in [4.69, 9.17) is 9.47 Å². The maximum Gasteiger partial charge on any atom is 0.249 e. The van der Waals surface area contributed by atoms with Crippen molar-refractivity contribution in [3.05, 3.63) is 36.5 Å². The fraction of sp³-hybridized carbons (Fsp3) is 0.900. The number of ether oxygens (including phenoxy) is 2. The summed E-state index contributed by atoms with van der Waals surface area (Å²) in [5.41, 5.74) is 0. The second-order valence-electron chi connectivity index (χ2n) is 24.6. The lowest BCUT2D eigenvalue weighted by Gasteiger charge is -2.40. The van der Waals surface area contributed by atoms with Gasteiger partial charge in [-0.15, -0.1) is 0 Å². The van der Waals surface area contributed by atoms with Crippen LogP contribution >= 0.6 is 0 Å². The molecule has 8 N–H and O–H groups in total. The van der Waals surface area contributed by atoms with Gasteiger partial charge >= 0.3 is 0 Å². The van der Waals surface area contributed by atoms with Crippen LogP contribution in [0.3, 0.4) is 0 Å². The summed E-state index contributed by atoms with van der Waals surface area (Å²) in [6.07, 6.45) is 63.8. The van der Waals surface area contributed by atoms with Crippen LogP contribution in [0.1, 0.15) is 335 Å². The highest BCUT2D eigenvalue weighted by Gasteiger charge is 2.44. The average molecular weight is 1150 g/mol. The van der Waals surface area contributed by atoms with Crippen molar-refractivity contribution >= 4 is 5.91 Å². The van der Waals surface area contributed by atoms with Crippen molar-refractivity contribution in [1.82, 2.24) is 5.32 Å². The van der Waals surface area contributed by atoms with Crippen LogP contribution in [0.4, 0.5) is 0 Å². The third-order valence-electron chi connectivity index (χ3n) is 16.9. The minimum absolute atomic E-state index is 0.243. The molecule has 1 saturated heterocycles. The fourth-order valence-corrected chi connectivity index (χ4v) is 11.3. The molecule has 0 radical (unpaired) electrons. The number of hydrogen-bond acceptors (Lipinski definition) is 10. The maximum absolute atomic E-state index is 13.2. The molecule has 0 aliphatic carbocycles. The normalized spacial score (nSPS) is 19.3. The number of aliphatic hydroxyl groups is 7. The summed E-state index contributed by atoms with van der Waals surface area (Å²) in [6, 6.07) is -1.19. The van der Waals surface area contributed by atoms with Gasteiger partial charge in [-0.05, 0) is 64.2 Å². The predicted octanol–water partition coefficient (Wildman–Crippen LogP) is 16.6. The second-order valence-corrected chi connectivity index (χ2v) is 24.6. The van der Waals surface area contributed by atoms with Crippen LogP contribution in [0, 0.1) is 0 Å². The molecule has 0 spiro atoms. The second kappa shape index (κ2) is 58.7. The largest absolute Gasteiger partial charge is 0.394 e. The van der Waals surface area contributed by atoms with Gasteiger partial charge in [-0.2, -0.15) is 0 Å². The smallest absolute Gasteiger partial charge is 0.249 e. The van der Waals surface area contributed by atoms with Gasteiger partial charge in [-0.25, -0.2) is 0 Å². The number of carbonyl (C=O) groups excluding carboxylic acids is 1. The molecule has 0 aromatic heterocycles. The van der Waals surface area contributed by atoms with Crippen molar-refractivity contribution in [2.75, 3.05) is 13.2 Å². The molecule has 11 nitrogen and oxygen atoms in total. The zero-order valence-electron chi connectivity index (χ0n) is 52.8. The van der Waals surface area contributed by atoms with Crippen LogP contribution in [0.2, 0.25) is 0 Å². The molecule has 1 rings (SSSR count). The molecule has 81 heavy (non-hydrogen) atoms. The lowest BCUT2D eigenvalue weighted by Crippen LogP contribution is -2.60. The van der Waals surface area contributed by atoms with E-state index in [9.17, 15) is 40.5 Å². The van der Waals surface area contributed by atoms with Crippen molar-refractivity contribution in [2.24, 2.45) is 0 Å². The standard InChI is InChI=1S/C70H133NO10/c1-3-5-7-9-11-13-15-17-19-21-23-25-27-28-29-30-31-32-33-34-35-36-38-40-42-44-46-48-50-52-54-56-58-63(74)69(79)71-61(60-80-70-68(78)67(77)66(76)64(59-72)81-70)65(75)62(73)57-55-53-51-49-47-45-43-41-39-37-26-24-22-20-18-16-14-12-10-8-6-4-2/h24,26,41,43,49,51,61-68,70,72-78H,3-23,25,27-40,42,44-48,50,52-60H2,1-2H3,(H,71,79)/b26-24+,43-41+,51-49+. The first kappa shape index (κ1) is 77.3. The van der Waals surface area contributed by atoms with Gasteiger partial charge in [0.1, 0.15) is 36.6 Å². The molecule has 0 bridgehead atoms. The van der Waals surface area contributed by atoms with Gasteiger partial charge < -0.3 is 50.5 Å². The Morgan fingerprint density at radius 1 is 0.420 bits per heavy atom. The Bertz CT molecular complexity index is 1410. The van der Waals surface area contributed by atoms with Crippen molar-refractivity contribution < 1.29 is 50.0 Å². The van der Waals surface area contributed by atoms with E-state index in [1.807, 2.05) is 0 Å². The molecule has 0 aromatic rings. The first-order valence-electron chi connectivity index (χ1n) is 34.9. The van der Waals surface area contributed by atoms with Gasteiger partial charge in [0, 0.05) is 0 Å². The van der Waals surface area contributed by atoms with Crippen molar-refractivity contribution in [2.45, 2.75) is 390 Å². The summed E-state index contributed by atoms with van der Waals surface area (Å²) < 4.78 is 11.2. The van der Waals surface area contributed by atoms with Crippen LogP contribution in [0.15, 0.2) is 36.5 Å². The van der Waals surface area contributed by atoms with Crippen LogP contribution in [-0.2, 0) is 14.3 Å². The molecule has 9 unspecified atom stereocenters. The first-order chi connectivity index (χ1) is 39.7. The fourth-order valence-electron chi connectivity index (χ4n) is 11.3. The zero-order valence-corrected chi connectivity index (χ0v) is 52.8. The summed E-state index contributed by atoms with van der Waals surface area (Å²) in [5.74, 6) is -0.706. The minimum Gasteiger partial charge on any atom is -0.394 e. The molecule has 0 aromatic carbocycles. The zero-order chi connectivity index (χ0) is 58.9. The van der Waals surface area contributed by atoms with Crippen LogP contribution in [0.5, 0.6) is 0 Å². The maximum atomic E-state index is 13.2. The minimum atomic E-state index is -1.67. The van der Waals surface area contributed by atoms with Crippen molar-refractivity contribution in [1.29, 1.82) is 0 Å². The monoisotopic (exact) mass is 1150 g/mol. The van der Waals surface area contributed by atoms with E-state index < -0.39 is 74.2 Å². The highest BCUT2D eigenvalue weighted by atomic mass is 16.7. The van der Waals surface area contributed by atoms with E-state index in [1.165, 1.54) is 244 Å². The number of carbonyl (C=O) groups is 1. The third-order valence-corrected chi connectivity index (χ3v) is 16.9. The van der Waals surface area contributed by atoms with E-state index in [2.05, 4.69) is 55.6 Å². The summed E-state index contributed by atoms with van der Waals surface area (Å²) in [6.45, 7) is 3.48. The quantitative estimate of drug-likeness (QED) is 0.0215. The number of allylic oxidation sites excluding steroid dienone is 6. The number of unbranched alkanes of at least 4 members (excludes halogenated alkanes) is 43. The molecule has 1 fully saturated rings. The van der Waals surface area contributed by atoms with E-state index in [1.54, 1.807) is 0 Å². The summed E-state index contributed by atoms with van der Waals surface area (Å²) in [4.78, 5) is 13.2. The predicted molar refractivity (Wildman–Crippen MR) is 339 cm³/mol. The Labute approximate surface area is 498 Å². The molecule has 1 heterocycles. The number of aliphatic hydroxyl groups excluding tert-OH is 7. The molecular weight excluding hydrogens is 1010 g/mol. The van der Waals surface area contributed by atoms with E-state index in [-0.39, 0.29) is 12.8 Å². The van der Waals surface area contributed by atoms with E-state index in [0.29, 0.717) is 19.3 Å². The van der Waals surface area contributed by atoms with Gasteiger partial charge in [0.15, 0.2) is 6.29 Å². The molecular formula is C70H133NO10. The topological polar surface area (TPSA) is 189 Å². The molecule has 11 heteroatoms. The van der Waals surface area contributed by atoms with Crippen LogP contribution < -0.4 is 5.32 Å². The first-order valence-corrected chi connectivity index (χ1v) is 34.9. The summed E-state index contributed by atoms with van der Waals surface area (Å²) >= 11 is 0. The Morgan fingerprint density at radius 3 is 1.10 bits per heavy atom.